The molecule has 1 saturated heterocycles. The Balaban J connectivity index is 1.34. The van der Waals surface area contributed by atoms with E-state index in [0.29, 0.717) is 24.5 Å². The minimum absolute atomic E-state index is 0.122. The number of amides is 4. The lowest BCUT2D eigenvalue weighted by atomic mass is 9.92. The number of imide groups is 2. The van der Waals surface area contributed by atoms with Gasteiger partial charge in [0.25, 0.3) is 11.8 Å². The van der Waals surface area contributed by atoms with Crippen LogP contribution in [-0.2, 0) is 22.6 Å². The van der Waals surface area contributed by atoms with Gasteiger partial charge in [0, 0.05) is 4.47 Å². The topological polar surface area (TPSA) is 75.7 Å². The Hall–Kier alpha value is -5.01. The van der Waals surface area contributed by atoms with Crippen molar-refractivity contribution >= 4 is 56.3 Å². The van der Waals surface area contributed by atoms with Crippen molar-refractivity contribution in [3.8, 4) is 5.75 Å². The predicted molar refractivity (Wildman–Crippen MR) is 167 cm³/mol. The first-order chi connectivity index (χ1) is 20.5. The second kappa shape index (κ2) is 11.8. The molecule has 7 heteroatoms. The normalized spacial score (nSPS) is 14.4. The molecule has 0 radical (unpaired) electrons. The fraction of sp³-hybridized carbons (Fsp3) is 0.0571. The summed E-state index contributed by atoms with van der Waals surface area (Å²) in [4.78, 5) is 40.7. The summed E-state index contributed by atoms with van der Waals surface area (Å²) < 4.78 is 6.81. The molecule has 0 unspecified atom stereocenters. The monoisotopic (exact) mass is 616 g/mol. The smallest absolute Gasteiger partial charge is 0.335 e. The van der Waals surface area contributed by atoms with Gasteiger partial charge in [-0.2, -0.15) is 0 Å². The summed E-state index contributed by atoms with van der Waals surface area (Å²) >= 11 is 3.63. The maximum Gasteiger partial charge on any atom is 0.335 e. The van der Waals surface area contributed by atoms with Crippen LogP contribution in [0.15, 0.2) is 125 Å². The van der Waals surface area contributed by atoms with Crippen LogP contribution in [0.5, 0.6) is 5.75 Å². The Morgan fingerprint density at radius 1 is 0.738 bits per heavy atom. The minimum atomic E-state index is -0.800. The van der Waals surface area contributed by atoms with Crippen molar-refractivity contribution in [2.24, 2.45) is 0 Å². The van der Waals surface area contributed by atoms with Gasteiger partial charge in [0.15, 0.2) is 0 Å². The van der Waals surface area contributed by atoms with Crippen LogP contribution in [-0.4, -0.2) is 17.8 Å². The van der Waals surface area contributed by atoms with Crippen molar-refractivity contribution in [3.05, 3.63) is 148 Å². The van der Waals surface area contributed by atoms with Crippen LogP contribution in [0.3, 0.4) is 0 Å². The lowest BCUT2D eigenvalue weighted by Crippen LogP contribution is -2.54. The molecule has 6 nitrogen and oxygen atoms in total. The summed E-state index contributed by atoms with van der Waals surface area (Å²) in [6.45, 7) is 0.387. The fourth-order valence-electron chi connectivity index (χ4n) is 4.98. The Kier molecular flexibility index (Phi) is 7.66. The molecule has 1 fully saturated rings. The molecule has 4 amide bonds. The summed E-state index contributed by atoms with van der Waals surface area (Å²) in [6, 6.07) is 35.4. The van der Waals surface area contributed by atoms with E-state index in [9.17, 15) is 14.4 Å². The maximum absolute atomic E-state index is 13.7. The number of halogens is 1. The third kappa shape index (κ3) is 5.60. The largest absolute Gasteiger partial charge is 0.489 e. The first-order valence-electron chi connectivity index (χ1n) is 13.4. The summed E-state index contributed by atoms with van der Waals surface area (Å²) in [6.07, 6.45) is 2.18. The molecule has 6 rings (SSSR count). The van der Waals surface area contributed by atoms with Crippen molar-refractivity contribution in [3.63, 3.8) is 0 Å². The van der Waals surface area contributed by atoms with E-state index in [-0.39, 0.29) is 5.57 Å². The summed E-state index contributed by atoms with van der Waals surface area (Å²) in [5.41, 5.74) is 3.99. The average molecular weight is 617 g/mol. The zero-order valence-electron chi connectivity index (χ0n) is 22.4. The summed E-state index contributed by atoms with van der Waals surface area (Å²) in [5.74, 6) is -0.836. The van der Waals surface area contributed by atoms with Crippen LogP contribution < -0.4 is 15.0 Å². The standard InChI is InChI=1S/C35H25BrN2O4/c36-32-13-7-5-11-26(32)20-25-15-14-24-10-4-6-12-29(24)30(25)21-31-33(39)37-35(41)38(34(31)40)27-16-18-28(19-17-27)42-22-23-8-2-1-3-9-23/h1-19,21H,20,22H2,(H,37,39,41)/b31-21+. The molecule has 0 saturated carbocycles. The maximum atomic E-state index is 13.7. The molecule has 0 spiro atoms. The van der Waals surface area contributed by atoms with Gasteiger partial charge in [-0.25, -0.2) is 9.69 Å². The zero-order chi connectivity index (χ0) is 29.1. The third-order valence-electron chi connectivity index (χ3n) is 7.13. The van der Waals surface area contributed by atoms with E-state index < -0.39 is 17.8 Å². The van der Waals surface area contributed by atoms with Crippen LogP contribution in [0.1, 0.15) is 22.3 Å². The van der Waals surface area contributed by atoms with Crippen LogP contribution in [0, 0.1) is 0 Å². The zero-order valence-corrected chi connectivity index (χ0v) is 24.0. The SMILES string of the molecule is O=C1NC(=O)N(c2ccc(OCc3ccccc3)cc2)C(=O)/C1=C/c1c(Cc2ccccc2Br)ccc2ccccc12. The highest BCUT2D eigenvalue weighted by molar-refractivity contribution is 9.10. The third-order valence-corrected chi connectivity index (χ3v) is 7.91. The van der Waals surface area contributed by atoms with Gasteiger partial charge in [-0.1, -0.05) is 101 Å². The second-order valence-corrected chi connectivity index (χ2v) is 10.7. The molecule has 42 heavy (non-hydrogen) atoms. The van der Waals surface area contributed by atoms with Gasteiger partial charge in [-0.15, -0.1) is 0 Å². The van der Waals surface area contributed by atoms with Gasteiger partial charge in [0.05, 0.1) is 5.69 Å². The van der Waals surface area contributed by atoms with Gasteiger partial charge in [-0.05, 0) is 75.9 Å². The second-order valence-electron chi connectivity index (χ2n) is 9.85. The number of fused-ring (bicyclic) bond motifs is 1. The van der Waals surface area contributed by atoms with Crippen LogP contribution in [0.4, 0.5) is 10.5 Å². The van der Waals surface area contributed by atoms with Crippen molar-refractivity contribution in [1.82, 2.24) is 5.32 Å². The van der Waals surface area contributed by atoms with Gasteiger partial charge >= 0.3 is 6.03 Å². The van der Waals surface area contributed by atoms with Gasteiger partial charge in [0.2, 0.25) is 0 Å². The van der Waals surface area contributed by atoms with Gasteiger partial charge < -0.3 is 4.74 Å². The molecule has 206 valence electrons. The van der Waals surface area contributed by atoms with Gasteiger partial charge in [-0.3, -0.25) is 14.9 Å². The minimum Gasteiger partial charge on any atom is -0.489 e. The van der Waals surface area contributed by atoms with E-state index in [4.69, 9.17) is 4.74 Å². The molecule has 1 aliphatic heterocycles. The first kappa shape index (κ1) is 27.2. The lowest BCUT2D eigenvalue weighted by molar-refractivity contribution is -0.122. The molecule has 5 aromatic carbocycles. The van der Waals surface area contributed by atoms with Crippen molar-refractivity contribution in [2.75, 3.05) is 4.90 Å². The molecule has 0 aliphatic carbocycles. The number of nitrogens with zero attached hydrogens (tertiary/aromatic N) is 1. The number of nitrogens with one attached hydrogen (secondary N) is 1. The number of urea groups is 1. The number of hydrogen-bond acceptors (Lipinski definition) is 4. The highest BCUT2D eigenvalue weighted by atomic mass is 79.9. The molecule has 0 atom stereocenters. The molecule has 0 bridgehead atoms. The van der Waals surface area contributed by atoms with Crippen LogP contribution >= 0.6 is 15.9 Å². The highest BCUT2D eigenvalue weighted by Gasteiger charge is 2.37. The van der Waals surface area contributed by atoms with Crippen molar-refractivity contribution in [2.45, 2.75) is 13.0 Å². The number of carbonyl (C=O) groups is 3. The number of hydrogen-bond donors (Lipinski definition) is 1. The van der Waals surface area contributed by atoms with E-state index in [1.165, 1.54) is 0 Å². The summed E-state index contributed by atoms with van der Waals surface area (Å²) in [5, 5.41) is 4.21. The van der Waals surface area contributed by atoms with E-state index in [1.807, 2.05) is 91.0 Å². The van der Waals surface area contributed by atoms with E-state index in [0.717, 1.165) is 42.4 Å². The number of rotatable bonds is 7. The van der Waals surface area contributed by atoms with Crippen molar-refractivity contribution < 1.29 is 19.1 Å². The Morgan fingerprint density at radius 3 is 2.24 bits per heavy atom. The number of ether oxygens (including phenoxy) is 1. The van der Waals surface area contributed by atoms with E-state index >= 15 is 0 Å². The molecule has 1 N–H and O–H groups in total. The lowest BCUT2D eigenvalue weighted by Gasteiger charge is -2.26. The predicted octanol–water partition coefficient (Wildman–Crippen LogP) is 7.44. The number of benzene rings is 5. The number of anilines is 1. The molecule has 5 aromatic rings. The quantitative estimate of drug-likeness (QED) is 0.152. The molecular weight excluding hydrogens is 592 g/mol. The highest BCUT2D eigenvalue weighted by Crippen LogP contribution is 2.31. The molecule has 1 aliphatic rings. The van der Waals surface area contributed by atoms with E-state index in [1.54, 1.807) is 30.3 Å². The molecular formula is C35H25BrN2O4. The van der Waals surface area contributed by atoms with E-state index in [2.05, 4.69) is 21.2 Å². The van der Waals surface area contributed by atoms with Crippen LogP contribution in [0.2, 0.25) is 0 Å². The Labute approximate surface area is 251 Å². The summed E-state index contributed by atoms with van der Waals surface area (Å²) in [7, 11) is 0. The van der Waals surface area contributed by atoms with Crippen molar-refractivity contribution in [1.29, 1.82) is 0 Å². The molecule has 1 heterocycles. The molecule has 0 aromatic heterocycles. The Bertz CT molecular complexity index is 1850. The number of carbonyl (C=O) groups excluding carboxylic acids is 3. The number of barbiturate groups is 1. The first-order valence-corrected chi connectivity index (χ1v) is 14.2. The van der Waals surface area contributed by atoms with Gasteiger partial charge in [0.1, 0.15) is 17.9 Å². The van der Waals surface area contributed by atoms with Crippen LogP contribution in [0.25, 0.3) is 16.8 Å². The fourth-order valence-corrected chi connectivity index (χ4v) is 5.41. The average Bonchev–Trinajstić information content (AvgIpc) is 3.01. The Morgan fingerprint density at radius 2 is 1.45 bits per heavy atom.